The molecule has 4 unspecified atom stereocenters. The molecule has 1 aromatic rings. The maximum atomic E-state index is 12.5. The molecule has 2 bridgehead atoms. The Labute approximate surface area is 159 Å². The minimum Gasteiger partial charge on any atom is -0.465 e. The lowest BCUT2D eigenvalue weighted by atomic mass is 9.84. The molecule has 2 aliphatic rings. The van der Waals surface area contributed by atoms with Crippen LogP contribution in [0, 0.1) is 29.1 Å². The van der Waals surface area contributed by atoms with Crippen LogP contribution in [0.4, 0.5) is 5.69 Å². The second-order valence-electron chi connectivity index (χ2n) is 7.46. The van der Waals surface area contributed by atoms with Gasteiger partial charge in [-0.05, 0) is 56.1 Å². The number of amides is 1. The van der Waals surface area contributed by atoms with Gasteiger partial charge in [0.15, 0.2) is 0 Å². The van der Waals surface area contributed by atoms with Crippen LogP contribution in [0.1, 0.15) is 43.0 Å². The molecule has 4 atom stereocenters. The number of nitriles is 1. The topological polar surface area (TPSA) is 91.2 Å². The number of carbonyl (C=O) groups excluding carboxylic acids is 2. The zero-order chi connectivity index (χ0) is 19.4. The van der Waals surface area contributed by atoms with Crippen molar-refractivity contribution in [1.29, 1.82) is 5.26 Å². The van der Waals surface area contributed by atoms with Crippen LogP contribution in [0.15, 0.2) is 36.0 Å². The highest BCUT2D eigenvalue weighted by molar-refractivity contribution is 6.09. The maximum absolute atomic E-state index is 12.5. The molecule has 0 spiro atoms. The molecule has 2 N–H and O–H groups in total. The average Bonchev–Trinajstić information content (AvgIpc) is 3.31. The van der Waals surface area contributed by atoms with Crippen LogP contribution >= 0.6 is 0 Å². The molecule has 0 saturated heterocycles. The summed E-state index contributed by atoms with van der Waals surface area (Å²) in [5, 5.41) is 15.2. The van der Waals surface area contributed by atoms with Crippen LogP contribution in [-0.4, -0.2) is 25.0 Å². The first-order valence-corrected chi connectivity index (χ1v) is 9.38. The maximum Gasteiger partial charge on any atom is 0.339 e. The van der Waals surface area contributed by atoms with Gasteiger partial charge in [0, 0.05) is 12.2 Å². The summed E-state index contributed by atoms with van der Waals surface area (Å²) < 4.78 is 4.72. The molecule has 2 saturated carbocycles. The number of anilines is 1. The number of rotatable bonds is 6. The van der Waals surface area contributed by atoms with Gasteiger partial charge >= 0.3 is 5.97 Å². The number of para-hydroxylation sites is 1. The van der Waals surface area contributed by atoms with Crippen LogP contribution in [0.5, 0.6) is 0 Å². The minimum atomic E-state index is -0.554. The molecule has 6 heteroatoms. The summed E-state index contributed by atoms with van der Waals surface area (Å²) in [4.78, 5) is 24.3. The van der Waals surface area contributed by atoms with E-state index in [2.05, 4.69) is 17.6 Å². The van der Waals surface area contributed by atoms with Crippen LogP contribution in [0.2, 0.25) is 0 Å². The monoisotopic (exact) mass is 367 g/mol. The Hall–Kier alpha value is -2.81. The molecular formula is C21H25N3O3. The third-order valence-electron chi connectivity index (χ3n) is 5.87. The number of nitrogens with one attached hydrogen (secondary N) is 2. The van der Waals surface area contributed by atoms with Gasteiger partial charge in [-0.3, -0.25) is 4.79 Å². The Morgan fingerprint density at radius 1 is 1.30 bits per heavy atom. The molecule has 6 nitrogen and oxygen atoms in total. The summed E-state index contributed by atoms with van der Waals surface area (Å²) in [7, 11) is 1.28. The first-order chi connectivity index (χ1) is 13.0. The molecule has 27 heavy (non-hydrogen) atoms. The molecule has 2 aliphatic carbocycles. The minimum absolute atomic E-state index is 0.0234. The van der Waals surface area contributed by atoms with Gasteiger partial charge in [-0.15, -0.1) is 0 Å². The van der Waals surface area contributed by atoms with Crippen molar-refractivity contribution in [2.45, 2.75) is 38.6 Å². The average molecular weight is 367 g/mol. The Kier molecular flexibility index (Phi) is 5.80. The van der Waals surface area contributed by atoms with Gasteiger partial charge < -0.3 is 15.4 Å². The summed E-state index contributed by atoms with van der Waals surface area (Å²) in [6.45, 7) is 2.11. The second kappa shape index (κ2) is 8.26. The van der Waals surface area contributed by atoms with Crippen molar-refractivity contribution in [1.82, 2.24) is 5.32 Å². The van der Waals surface area contributed by atoms with E-state index in [0.29, 0.717) is 11.6 Å². The van der Waals surface area contributed by atoms with Gasteiger partial charge in [-0.25, -0.2) is 4.79 Å². The number of hydrogen-bond acceptors (Lipinski definition) is 5. The summed E-state index contributed by atoms with van der Waals surface area (Å²) in [6.07, 6.45) is 6.67. The van der Waals surface area contributed by atoms with Crippen molar-refractivity contribution in [2.24, 2.45) is 17.8 Å². The lowest BCUT2D eigenvalue weighted by Gasteiger charge is -2.28. The number of benzene rings is 1. The van der Waals surface area contributed by atoms with E-state index >= 15 is 0 Å². The van der Waals surface area contributed by atoms with E-state index in [9.17, 15) is 14.9 Å². The third-order valence-corrected chi connectivity index (χ3v) is 5.87. The Morgan fingerprint density at radius 3 is 2.70 bits per heavy atom. The number of hydrogen-bond donors (Lipinski definition) is 2. The number of methoxy groups -OCH3 is 1. The predicted octanol–water partition coefficient (Wildman–Crippen LogP) is 3.23. The SMILES string of the molecule is COC(=O)c1ccccc1NC(=O)/C(C#N)=C\NC(C)C1CC2CCC1C2. The van der Waals surface area contributed by atoms with Crippen molar-refractivity contribution in [2.75, 3.05) is 12.4 Å². The summed E-state index contributed by atoms with van der Waals surface area (Å²) in [6, 6.07) is 8.70. The van der Waals surface area contributed by atoms with E-state index in [1.807, 2.05) is 6.07 Å². The van der Waals surface area contributed by atoms with E-state index in [-0.39, 0.29) is 17.2 Å². The van der Waals surface area contributed by atoms with Gasteiger partial charge in [0.05, 0.1) is 18.4 Å². The Morgan fingerprint density at radius 2 is 2.07 bits per heavy atom. The normalized spacial score (nSPS) is 24.8. The summed E-state index contributed by atoms with van der Waals surface area (Å²) in [5.41, 5.74) is 0.537. The van der Waals surface area contributed by atoms with Crippen molar-refractivity contribution in [3.8, 4) is 6.07 Å². The van der Waals surface area contributed by atoms with Crippen LogP contribution < -0.4 is 10.6 Å². The van der Waals surface area contributed by atoms with Crippen LogP contribution in [0.3, 0.4) is 0 Å². The number of esters is 1. The fraction of sp³-hybridized carbons (Fsp3) is 0.476. The number of ether oxygens (including phenoxy) is 1. The van der Waals surface area contributed by atoms with Gasteiger partial charge in [0.25, 0.3) is 5.91 Å². The van der Waals surface area contributed by atoms with Crippen molar-refractivity contribution < 1.29 is 14.3 Å². The van der Waals surface area contributed by atoms with Gasteiger partial charge in [-0.2, -0.15) is 5.26 Å². The van der Waals surface area contributed by atoms with Crippen LogP contribution in [0.25, 0.3) is 0 Å². The fourth-order valence-electron chi connectivity index (χ4n) is 4.46. The Balaban J connectivity index is 1.65. The highest BCUT2D eigenvalue weighted by atomic mass is 16.5. The number of fused-ring (bicyclic) bond motifs is 2. The van der Waals surface area contributed by atoms with Gasteiger partial charge in [0.1, 0.15) is 11.6 Å². The molecule has 1 aromatic carbocycles. The summed E-state index contributed by atoms with van der Waals surface area (Å²) in [5.74, 6) is 1.11. The van der Waals surface area contributed by atoms with Gasteiger partial charge in [0.2, 0.25) is 0 Å². The van der Waals surface area contributed by atoms with Crippen LogP contribution in [-0.2, 0) is 9.53 Å². The van der Waals surface area contributed by atoms with E-state index < -0.39 is 11.9 Å². The number of nitrogens with zero attached hydrogens (tertiary/aromatic N) is 1. The standard InChI is InChI=1S/C21H25N3O3/c1-13(18-10-14-7-8-15(18)9-14)23-12-16(11-22)20(25)24-19-6-4-3-5-17(19)21(26)27-2/h3-6,12-15,18,23H,7-10H2,1-2H3,(H,24,25)/b16-12-. The second-order valence-corrected chi connectivity index (χ2v) is 7.46. The zero-order valence-corrected chi connectivity index (χ0v) is 15.7. The molecule has 0 radical (unpaired) electrons. The fourth-order valence-corrected chi connectivity index (χ4v) is 4.46. The third kappa shape index (κ3) is 4.13. The molecule has 0 heterocycles. The van der Waals surface area contributed by atoms with E-state index in [0.717, 1.165) is 11.8 Å². The Bertz CT molecular complexity index is 796. The lowest BCUT2D eigenvalue weighted by Crippen LogP contribution is -2.34. The molecule has 0 aliphatic heterocycles. The molecule has 2 fully saturated rings. The smallest absolute Gasteiger partial charge is 0.339 e. The highest BCUT2D eigenvalue weighted by Crippen LogP contribution is 2.49. The molecule has 0 aromatic heterocycles. The first-order valence-electron chi connectivity index (χ1n) is 9.38. The first kappa shape index (κ1) is 19.0. The van der Waals surface area contributed by atoms with Crippen molar-refractivity contribution >= 4 is 17.6 Å². The quantitative estimate of drug-likeness (QED) is 0.458. The molecular weight excluding hydrogens is 342 g/mol. The van der Waals surface area contributed by atoms with E-state index in [1.165, 1.54) is 39.0 Å². The molecule has 142 valence electrons. The van der Waals surface area contributed by atoms with Crippen molar-refractivity contribution in [3.63, 3.8) is 0 Å². The van der Waals surface area contributed by atoms with E-state index in [4.69, 9.17) is 4.74 Å². The summed E-state index contributed by atoms with van der Waals surface area (Å²) >= 11 is 0. The lowest BCUT2D eigenvalue weighted by molar-refractivity contribution is -0.112. The van der Waals surface area contributed by atoms with Gasteiger partial charge in [-0.1, -0.05) is 18.6 Å². The van der Waals surface area contributed by atoms with Crippen molar-refractivity contribution in [3.05, 3.63) is 41.6 Å². The molecule has 3 rings (SSSR count). The predicted molar refractivity (Wildman–Crippen MR) is 102 cm³/mol. The number of carbonyl (C=O) groups is 2. The largest absolute Gasteiger partial charge is 0.465 e. The highest BCUT2D eigenvalue weighted by Gasteiger charge is 2.41. The van der Waals surface area contributed by atoms with E-state index in [1.54, 1.807) is 24.3 Å². The zero-order valence-electron chi connectivity index (χ0n) is 15.7. The molecule has 1 amide bonds.